The number of carbonyl (C=O) groups is 1. The van der Waals surface area contributed by atoms with Gasteiger partial charge in [-0.15, -0.1) is 0 Å². The fraction of sp³-hybridized carbons (Fsp3) is 0.188. The first kappa shape index (κ1) is 14.4. The van der Waals surface area contributed by atoms with Crippen molar-refractivity contribution in [2.24, 2.45) is 0 Å². The molecule has 3 nitrogen and oxygen atoms in total. The normalized spacial score (nSPS) is 10.1. The third kappa shape index (κ3) is 3.75. The van der Waals surface area contributed by atoms with Crippen LogP contribution in [0.3, 0.4) is 0 Å². The third-order valence-electron chi connectivity index (χ3n) is 2.68. The molecule has 0 N–H and O–H groups in total. The minimum atomic E-state index is -0.149. The Balaban J connectivity index is 1.95. The van der Waals surface area contributed by atoms with Crippen LogP contribution >= 0.6 is 11.6 Å². The van der Waals surface area contributed by atoms with Crippen molar-refractivity contribution in [3.05, 3.63) is 59.1 Å². The van der Waals surface area contributed by atoms with Crippen LogP contribution in [0.5, 0.6) is 11.5 Å². The molecule has 0 aliphatic heterocycles. The van der Waals surface area contributed by atoms with E-state index in [0.717, 1.165) is 5.75 Å². The van der Waals surface area contributed by atoms with Gasteiger partial charge in [0.15, 0.2) is 6.61 Å². The van der Waals surface area contributed by atoms with Crippen molar-refractivity contribution in [3.8, 4) is 11.5 Å². The van der Waals surface area contributed by atoms with E-state index in [4.69, 9.17) is 21.1 Å². The zero-order chi connectivity index (χ0) is 14.4. The Kier molecular flexibility index (Phi) is 5.02. The van der Waals surface area contributed by atoms with Crippen molar-refractivity contribution >= 4 is 17.4 Å². The average molecular weight is 291 g/mol. The van der Waals surface area contributed by atoms with E-state index in [1.807, 2.05) is 6.92 Å². The molecule has 0 saturated heterocycles. The van der Waals surface area contributed by atoms with Crippen LogP contribution in [0.15, 0.2) is 48.5 Å². The van der Waals surface area contributed by atoms with Gasteiger partial charge in [0.2, 0.25) is 5.78 Å². The summed E-state index contributed by atoms with van der Waals surface area (Å²) in [6.07, 6.45) is 0. The molecule has 0 fully saturated rings. The fourth-order valence-electron chi connectivity index (χ4n) is 1.71. The maximum absolute atomic E-state index is 12.0. The molecule has 4 heteroatoms. The number of Topliss-reactive ketones (excluding diaryl/α,β-unsaturated/α-hetero) is 1. The maximum Gasteiger partial charge on any atom is 0.201 e. The van der Waals surface area contributed by atoms with Crippen LogP contribution in [-0.4, -0.2) is 19.0 Å². The molecule has 2 aromatic carbocycles. The molecule has 0 aliphatic rings. The lowest BCUT2D eigenvalue weighted by Crippen LogP contribution is -2.12. The van der Waals surface area contributed by atoms with Gasteiger partial charge in [-0.2, -0.15) is 0 Å². The molecule has 2 aromatic rings. The van der Waals surface area contributed by atoms with Crippen molar-refractivity contribution in [3.63, 3.8) is 0 Å². The van der Waals surface area contributed by atoms with Crippen LogP contribution in [0.25, 0.3) is 0 Å². The summed E-state index contributed by atoms with van der Waals surface area (Å²) in [6.45, 7) is 2.50. The van der Waals surface area contributed by atoms with Gasteiger partial charge in [0.25, 0.3) is 0 Å². The van der Waals surface area contributed by atoms with Crippen molar-refractivity contribution in [2.75, 3.05) is 13.2 Å². The van der Waals surface area contributed by atoms with Crippen molar-refractivity contribution in [2.45, 2.75) is 6.92 Å². The molecule has 2 rings (SSSR count). The summed E-state index contributed by atoms with van der Waals surface area (Å²) in [5.74, 6) is 1.25. The fourth-order valence-corrected chi connectivity index (χ4v) is 1.95. The lowest BCUT2D eigenvalue weighted by Gasteiger charge is -2.08. The molecule has 104 valence electrons. The van der Waals surface area contributed by atoms with E-state index in [1.54, 1.807) is 48.5 Å². The van der Waals surface area contributed by atoms with Crippen LogP contribution in [0.4, 0.5) is 0 Å². The van der Waals surface area contributed by atoms with Gasteiger partial charge in [0, 0.05) is 5.56 Å². The number of ether oxygens (including phenoxy) is 2. The molecule has 0 spiro atoms. The van der Waals surface area contributed by atoms with Gasteiger partial charge in [-0.05, 0) is 43.3 Å². The zero-order valence-electron chi connectivity index (χ0n) is 11.1. The van der Waals surface area contributed by atoms with E-state index < -0.39 is 0 Å². The lowest BCUT2D eigenvalue weighted by atomic mass is 10.1. The summed E-state index contributed by atoms with van der Waals surface area (Å²) in [7, 11) is 0. The highest BCUT2D eigenvalue weighted by molar-refractivity contribution is 6.34. The molecule has 0 heterocycles. The topological polar surface area (TPSA) is 35.5 Å². The summed E-state index contributed by atoms with van der Waals surface area (Å²) < 4.78 is 10.8. The van der Waals surface area contributed by atoms with Gasteiger partial charge >= 0.3 is 0 Å². The molecule has 0 aromatic heterocycles. The SMILES string of the molecule is CCOc1ccc(OCC(=O)c2ccccc2Cl)cc1. The van der Waals surface area contributed by atoms with E-state index in [1.165, 1.54) is 0 Å². The van der Waals surface area contributed by atoms with Crippen LogP contribution in [0.1, 0.15) is 17.3 Å². The summed E-state index contributed by atoms with van der Waals surface area (Å²) in [5, 5.41) is 0.438. The van der Waals surface area contributed by atoms with Crippen molar-refractivity contribution < 1.29 is 14.3 Å². The summed E-state index contributed by atoms with van der Waals surface area (Å²) >= 11 is 5.96. The van der Waals surface area contributed by atoms with E-state index in [2.05, 4.69) is 0 Å². The van der Waals surface area contributed by atoms with Gasteiger partial charge in [-0.1, -0.05) is 23.7 Å². The van der Waals surface area contributed by atoms with Crippen molar-refractivity contribution in [1.82, 2.24) is 0 Å². The van der Waals surface area contributed by atoms with Gasteiger partial charge in [0.1, 0.15) is 11.5 Å². The smallest absolute Gasteiger partial charge is 0.201 e. The van der Waals surface area contributed by atoms with Gasteiger partial charge in [-0.3, -0.25) is 4.79 Å². The van der Waals surface area contributed by atoms with Crippen LogP contribution < -0.4 is 9.47 Å². The Morgan fingerprint density at radius 2 is 1.60 bits per heavy atom. The number of carbonyl (C=O) groups excluding carboxylic acids is 1. The van der Waals surface area contributed by atoms with Crippen LogP contribution in [0.2, 0.25) is 5.02 Å². The molecular weight excluding hydrogens is 276 g/mol. The second-order valence-corrected chi connectivity index (χ2v) is 4.50. The minimum Gasteiger partial charge on any atom is -0.494 e. The minimum absolute atomic E-state index is 0.0439. The van der Waals surface area contributed by atoms with Crippen molar-refractivity contribution in [1.29, 1.82) is 0 Å². The molecule has 0 bridgehead atoms. The van der Waals surface area contributed by atoms with E-state index >= 15 is 0 Å². The van der Waals surface area contributed by atoms with Gasteiger partial charge in [-0.25, -0.2) is 0 Å². The number of hydrogen-bond donors (Lipinski definition) is 0. The van der Waals surface area contributed by atoms with Gasteiger partial charge in [0.05, 0.1) is 11.6 Å². The second kappa shape index (κ2) is 6.96. The molecule has 20 heavy (non-hydrogen) atoms. The largest absolute Gasteiger partial charge is 0.494 e. The predicted octanol–water partition coefficient (Wildman–Crippen LogP) is 4.00. The standard InChI is InChI=1S/C16H15ClO3/c1-2-19-12-7-9-13(10-8-12)20-11-16(18)14-5-3-4-6-15(14)17/h3-10H,2,11H2,1H3. The second-order valence-electron chi connectivity index (χ2n) is 4.10. The Morgan fingerprint density at radius 1 is 1.00 bits per heavy atom. The highest BCUT2D eigenvalue weighted by atomic mass is 35.5. The van der Waals surface area contributed by atoms with E-state index in [-0.39, 0.29) is 12.4 Å². The Morgan fingerprint density at radius 3 is 2.20 bits per heavy atom. The summed E-state index contributed by atoms with van der Waals surface area (Å²) in [5.41, 5.74) is 0.472. The molecule has 0 amide bonds. The first-order chi connectivity index (χ1) is 9.70. The monoisotopic (exact) mass is 290 g/mol. The number of rotatable bonds is 6. The summed E-state index contributed by atoms with van der Waals surface area (Å²) in [4.78, 5) is 12.0. The highest BCUT2D eigenvalue weighted by Crippen LogP contribution is 2.19. The number of halogens is 1. The first-order valence-corrected chi connectivity index (χ1v) is 6.72. The first-order valence-electron chi connectivity index (χ1n) is 6.34. The molecule has 0 atom stereocenters. The molecule has 0 unspecified atom stereocenters. The Hall–Kier alpha value is -2.00. The zero-order valence-corrected chi connectivity index (χ0v) is 11.9. The quantitative estimate of drug-likeness (QED) is 0.754. The number of hydrogen-bond acceptors (Lipinski definition) is 3. The van der Waals surface area contributed by atoms with E-state index in [9.17, 15) is 4.79 Å². The third-order valence-corrected chi connectivity index (χ3v) is 3.01. The number of ketones is 1. The number of benzene rings is 2. The molecule has 0 aliphatic carbocycles. The Labute approximate surface area is 123 Å². The molecule has 0 saturated carbocycles. The van der Waals surface area contributed by atoms with Crippen LogP contribution in [-0.2, 0) is 0 Å². The Bertz CT molecular complexity index is 579. The van der Waals surface area contributed by atoms with E-state index in [0.29, 0.717) is 22.9 Å². The average Bonchev–Trinajstić information content (AvgIpc) is 2.47. The van der Waals surface area contributed by atoms with Gasteiger partial charge < -0.3 is 9.47 Å². The summed E-state index contributed by atoms with van der Waals surface area (Å²) in [6, 6.07) is 14.1. The lowest BCUT2D eigenvalue weighted by molar-refractivity contribution is 0.0921. The molecular formula is C16H15ClO3. The predicted molar refractivity (Wildman–Crippen MR) is 78.9 cm³/mol. The maximum atomic E-state index is 12.0. The van der Waals surface area contributed by atoms with Crippen LogP contribution in [0, 0.1) is 0 Å². The molecule has 0 radical (unpaired) electrons. The highest BCUT2D eigenvalue weighted by Gasteiger charge is 2.10.